The third-order valence-electron chi connectivity index (χ3n) is 9.22. The number of carboxylic acids is 2. The van der Waals surface area contributed by atoms with Gasteiger partial charge in [-0.3, -0.25) is 0 Å². The van der Waals surface area contributed by atoms with Gasteiger partial charge in [0.05, 0.1) is 11.1 Å². The molecule has 0 aliphatic heterocycles. The highest BCUT2D eigenvalue weighted by Gasteiger charge is 2.60. The van der Waals surface area contributed by atoms with Gasteiger partial charge in [-0.15, -0.1) is 0 Å². The third kappa shape index (κ3) is 4.69. The van der Waals surface area contributed by atoms with Gasteiger partial charge in [0.25, 0.3) is 0 Å². The van der Waals surface area contributed by atoms with Gasteiger partial charge in [0, 0.05) is 11.1 Å². The number of carboxylic acid groups (broad SMARTS) is 2. The van der Waals surface area contributed by atoms with Crippen LogP contribution in [0.2, 0.25) is 0 Å². The predicted octanol–water partition coefficient (Wildman–Crippen LogP) is 7.60. The maximum absolute atomic E-state index is 11.4. The summed E-state index contributed by atoms with van der Waals surface area (Å²) in [5, 5.41) is 18.5. The van der Waals surface area contributed by atoms with Crippen LogP contribution in [-0.4, -0.2) is 22.2 Å². The lowest BCUT2D eigenvalue weighted by Crippen LogP contribution is -2.54. The second-order valence-electron chi connectivity index (χ2n) is 12.3. The molecule has 2 N–H and O–H groups in total. The highest BCUT2D eigenvalue weighted by molar-refractivity contribution is 6.01. The van der Waals surface area contributed by atoms with Crippen molar-refractivity contribution in [3.05, 3.63) is 94.5 Å². The van der Waals surface area contributed by atoms with Crippen molar-refractivity contribution in [2.45, 2.75) is 51.9 Å². The molecular formula is C34H32O5. The van der Waals surface area contributed by atoms with E-state index in [1.165, 1.54) is 55.9 Å². The lowest BCUT2D eigenvalue weighted by molar-refractivity contribution is -0.116. The zero-order valence-electron chi connectivity index (χ0n) is 22.2. The van der Waals surface area contributed by atoms with Crippen molar-refractivity contribution in [1.29, 1.82) is 0 Å². The minimum Gasteiger partial charge on any atom is -0.478 e. The molecule has 0 heterocycles. The lowest BCUT2D eigenvalue weighted by atomic mass is 9.39. The Labute approximate surface area is 228 Å². The largest absolute Gasteiger partial charge is 0.478 e. The summed E-state index contributed by atoms with van der Waals surface area (Å²) in [6.07, 6.45) is 6.91. The number of hydrogen-bond donors (Lipinski definition) is 2. The third-order valence-corrected chi connectivity index (χ3v) is 9.22. The van der Waals surface area contributed by atoms with Crippen LogP contribution in [0.5, 0.6) is 11.5 Å². The first-order valence-corrected chi connectivity index (χ1v) is 13.6. The lowest BCUT2D eigenvalue weighted by Gasteiger charge is -2.65. The van der Waals surface area contributed by atoms with Gasteiger partial charge in [-0.1, -0.05) is 37.8 Å². The fourth-order valence-corrected chi connectivity index (χ4v) is 8.47. The van der Waals surface area contributed by atoms with Gasteiger partial charge in [-0.2, -0.15) is 0 Å². The van der Waals surface area contributed by atoms with Crippen molar-refractivity contribution < 1.29 is 24.5 Å². The van der Waals surface area contributed by atoms with Gasteiger partial charge in [0.2, 0.25) is 0 Å². The second kappa shape index (κ2) is 9.31. The molecule has 4 fully saturated rings. The Kier molecular flexibility index (Phi) is 6.03. The van der Waals surface area contributed by atoms with Gasteiger partial charge < -0.3 is 14.9 Å². The molecule has 4 aliphatic carbocycles. The molecule has 0 aromatic heterocycles. The minimum atomic E-state index is -1.30. The summed E-state index contributed by atoms with van der Waals surface area (Å²) >= 11 is 0. The zero-order valence-corrected chi connectivity index (χ0v) is 22.2. The average molecular weight is 521 g/mol. The maximum atomic E-state index is 11.4. The van der Waals surface area contributed by atoms with Crippen LogP contribution >= 0.6 is 0 Å². The standard InChI is InChI=1S/C34H32O5/c1-33-17-23-15-24(18-33)20-34(2,19-23)30(33)25-8-12-27(13-9-25)39-26-10-5-21(6-11-26)3-4-22-7-14-28(31(35)36)29(16-22)32(37)38/h5-14,16,23-24,30H,15,17-20H2,1-2H3,(H,35,36)(H,37,38). The number of hydrogen-bond acceptors (Lipinski definition) is 3. The molecule has 4 bridgehead atoms. The van der Waals surface area contributed by atoms with E-state index in [2.05, 4.69) is 50.0 Å². The van der Waals surface area contributed by atoms with Gasteiger partial charge in [-0.25, -0.2) is 9.59 Å². The molecule has 0 radical (unpaired) electrons. The summed E-state index contributed by atoms with van der Waals surface area (Å²) in [5.74, 6) is 7.27. The number of benzene rings is 3. The predicted molar refractivity (Wildman–Crippen MR) is 148 cm³/mol. The van der Waals surface area contributed by atoms with E-state index in [4.69, 9.17) is 4.74 Å². The molecule has 198 valence electrons. The quantitative estimate of drug-likeness (QED) is 0.339. The Balaban J connectivity index is 1.14. The molecule has 0 saturated heterocycles. The highest BCUT2D eigenvalue weighted by Crippen LogP contribution is 2.70. The van der Waals surface area contributed by atoms with Gasteiger partial charge in [0.15, 0.2) is 0 Å². The van der Waals surface area contributed by atoms with Crippen LogP contribution in [0.15, 0.2) is 66.7 Å². The molecule has 7 rings (SSSR count). The monoisotopic (exact) mass is 520 g/mol. The van der Waals surface area contributed by atoms with Crippen LogP contribution in [0.3, 0.4) is 0 Å². The first-order chi connectivity index (χ1) is 18.6. The zero-order chi connectivity index (χ0) is 27.4. The Hall–Kier alpha value is -4.04. The smallest absolute Gasteiger partial charge is 0.336 e. The van der Waals surface area contributed by atoms with Crippen molar-refractivity contribution in [2.24, 2.45) is 22.7 Å². The molecule has 5 heteroatoms. The van der Waals surface area contributed by atoms with Crippen LogP contribution in [-0.2, 0) is 0 Å². The molecule has 0 atom stereocenters. The summed E-state index contributed by atoms with van der Waals surface area (Å²) in [6, 6.07) is 20.2. The molecule has 4 saturated carbocycles. The molecule has 0 amide bonds. The molecule has 5 nitrogen and oxygen atoms in total. The molecule has 3 aromatic carbocycles. The first kappa shape index (κ1) is 25.2. The van der Waals surface area contributed by atoms with Gasteiger partial charge in [-0.05, 0) is 121 Å². The van der Waals surface area contributed by atoms with E-state index >= 15 is 0 Å². The van der Waals surface area contributed by atoms with E-state index in [-0.39, 0.29) is 11.1 Å². The summed E-state index contributed by atoms with van der Waals surface area (Å²) < 4.78 is 6.12. The summed E-state index contributed by atoms with van der Waals surface area (Å²) in [4.78, 5) is 22.6. The van der Waals surface area contributed by atoms with Crippen LogP contribution < -0.4 is 4.74 Å². The molecule has 4 aliphatic rings. The first-order valence-electron chi connectivity index (χ1n) is 13.6. The second-order valence-corrected chi connectivity index (χ2v) is 12.3. The molecule has 3 aromatic rings. The number of aromatic carboxylic acids is 2. The SMILES string of the molecule is CC12CC3CC(C1)CC(C)(C3)C2c1ccc(Oc2ccc(C#Cc3ccc(C(=O)O)c(C(=O)O)c3)cc2)cc1. The fourth-order valence-electron chi connectivity index (χ4n) is 8.47. The average Bonchev–Trinajstić information content (AvgIpc) is 2.87. The summed E-state index contributed by atoms with van der Waals surface area (Å²) in [6.45, 7) is 5.05. The van der Waals surface area contributed by atoms with E-state index in [9.17, 15) is 19.8 Å². The Bertz CT molecular complexity index is 1470. The molecular weight excluding hydrogens is 488 g/mol. The van der Waals surface area contributed by atoms with E-state index in [1.807, 2.05) is 24.3 Å². The van der Waals surface area contributed by atoms with Crippen LogP contribution in [0, 0.1) is 34.5 Å². The number of rotatable bonds is 5. The van der Waals surface area contributed by atoms with Crippen LogP contribution in [0.25, 0.3) is 0 Å². The highest BCUT2D eigenvalue weighted by atomic mass is 16.5. The molecule has 0 unspecified atom stereocenters. The van der Waals surface area contributed by atoms with E-state index < -0.39 is 11.9 Å². The minimum absolute atomic E-state index is 0.260. The number of ether oxygens (including phenoxy) is 1. The van der Waals surface area contributed by atoms with Crippen molar-refractivity contribution in [2.75, 3.05) is 0 Å². The Morgan fingerprint density at radius 3 is 1.74 bits per heavy atom. The molecule has 0 spiro atoms. The van der Waals surface area contributed by atoms with Crippen molar-refractivity contribution >= 4 is 11.9 Å². The number of carbonyl (C=O) groups is 2. The summed E-state index contributed by atoms with van der Waals surface area (Å²) in [7, 11) is 0. The van der Waals surface area contributed by atoms with Crippen molar-refractivity contribution in [3.8, 4) is 23.3 Å². The fraction of sp³-hybridized carbons (Fsp3) is 0.353. The van der Waals surface area contributed by atoms with Gasteiger partial charge >= 0.3 is 11.9 Å². The normalized spacial score (nSPS) is 28.4. The van der Waals surface area contributed by atoms with Crippen LogP contribution in [0.1, 0.15) is 89.3 Å². The van der Waals surface area contributed by atoms with E-state index in [0.717, 1.165) is 23.1 Å². The topological polar surface area (TPSA) is 83.8 Å². The molecule has 39 heavy (non-hydrogen) atoms. The van der Waals surface area contributed by atoms with E-state index in [0.29, 0.717) is 28.1 Å². The van der Waals surface area contributed by atoms with Crippen molar-refractivity contribution in [1.82, 2.24) is 0 Å². The van der Waals surface area contributed by atoms with Gasteiger partial charge in [0.1, 0.15) is 11.5 Å². The van der Waals surface area contributed by atoms with Crippen molar-refractivity contribution in [3.63, 3.8) is 0 Å². The van der Waals surface area contributed by atoms with Crippen LogP contribution in [0.4, 0.5) is 0 Å². The summed E-state index contributed by atoms with van der Waals surface area (Å²) in [5.41, 5.74) is 2.88. The maximum Gasteiger partial charge on any atom is 0.336 e. The Morgan fingerprint density at radius 2 is 1.21 bits per heavy atom. The Morgan fingerprint density at radius 1 is 0.718 bits per heavy atom. The van der Waals surface area contributed by atoms with E-state index in [1.54, 1.807) is 0 Å².